The molecule has 0 spiro atoms. The maximum atomic E-state index is 11.1. The average Bonchev–Trinajstić information content (AvgIpc) is 3.19. The predicted octanol–water partition coefficient (Wildman–Crippen LogP) is 5.87. The number of fused-ring (bicyclic) bond motifs is 1. The molecule has 1 heterocycles. The number of hydrogen-bond acceptors (Lipinski definition) is 5. The highest BCUT2D eigenvalue weighted by molar-refractivity contribution is 7.98. The van der Waals surface area contributed by atoms with E-state index in [2.05, 4.69) is 30.4 Å². The van der Waals surface area contributed by atoms with Crippen LogP contribution in [-0.4, -0.2) is 28.4 Å². The Morgan fingerprint density at radius 3 is 2.53 bits per heavy atom. The lowest BCUT2D eigenvalue weighted by atomic mass is 9.96. The quantitative estimate of drug-likeness (QED) is 0.332. The van der Waals surface area contributed by atoms with Gasteiger partial charge in [0.25, 0.3) is 0 Å². The van der Waals surface area contributed by atoms with Crippen molar-refractivity contribution < 1.29 is 14.3 Å². The Hall–Kier alpha value is -2.74. The lowest BCUT2D eigenvalue weighted by Gasteiger charge is -2.11. The van der Waals surface area contributed by atoms with E-state index in [9.17, 15) is 4.79 Å². The molecule has 0 saturated carbocycles. The molecule has 0 amide bonds. The first kappa shape index (κ1) is 23.9. The van der Waals surface area contributed by atoms with Crippen LogP contribution in [0.15, 0.2) is 70.0 Å². The van der Waals surface area contributed by atoms with E-state index in [0.717, 1.165) is 43.8 Å². The third kappa shape index (κ3) is 4.85. The van der Waals surface area contributed by atoms with Crippen LogP contribution in [0.25, 0.3) is 33.7 Å². The van der Waals surface area contributed by atoms with Crippen molar-refractivity contribution in [2.45, 2.75) is 31.3 Å². The molecule has 7 heteroatoms. The molecule has 0 aliphatic carbocycles. The van der Waals surface area contributed by atoms with Crippen LogP contribution in [0.5, 0.6) is 0 Å². The molecule has 0 aliphatic heterocycles. The summed E-state index contributed by atoms with van der Waals surface area (Å²) in [5.41, 5.74) is 6.87. The van der Waals surface area contributed by atoms with Gasteiger partial charge in [0.1, 0.15) is 11.6 Å². The minimum atomic E-state index is -0.871. The molecule has 4 aromatic rings. The summed E-state index contributed by atoms with van der Waals surface area (Å²) >= 11 is 1.60. The molecular weight excluding hydrogens is 440 g/mol. The molecule has 0 radical (unpaired) electrons. The average molecular weight is 467 g/mol. The number of thioether (sulfide) groups is 1. The first-order chi connectivity index (χ1) is 15.0. The van der Waals surface area contributed by atoms with Gasteiger partial charge in [-0.2, -0.15) is 13.5 Å². The topological polar surface area (TPSA) is 75.4 Å². The van der Waals surface area contributed by atoms with Gasteiger partial charge >= 0.3 is 5.97 Å². The number of carbonyl (C=O) groups is 1. The van der Waals surface area contributed by atoms with Crippen LogP contribution >= 0.6 is 25.3 Å². The summed E-state index contributed by atoms with van der Waals surface area (Å²) in [6.45, 7) is 4.17. The molecule has 0 fully saturated rings. The van der Waals surface area contributed by atoms with Crippen molar-refractivity contribution in [2.24, 2.45) is 0 Å². The van der Waals surface area contributed by atoms with Crippen molar-refractivity contribution in [3.8, 4) is 22.6 Å². The number of oxazole rings is 1. The van der Waals surface area contributed by atoms with E-state index in [4.69, 9.17) is 14.5 Å². The Balaban J connectivity index is 0.00000289. The molecule has 4 rings (SSSR count). The molecule has 1 atom stereocenters. The Bertz CT molecular complexity index is 1240. The lowest BCUT2D eigenvalue weighted by molar-refractivity contribution is -0.139. The molecule has 0 bridgehead atoms. The van der Waals surface area contributed by atoms with Crippen LogP contribution < -0.4 is 5.32 Å². The second kappa shape index (κ2) is 10.3. The summed E-state index contributed by atoms with van der Waals surface area (Å²) in [5.74, 6) is -0.286. The summed E-state index contributed by atoms with van der Waals surface area (Å²) in [5, 5.41) is 12.2. The first-order valence-electron chi connectivity index (χ1n) is 10.1. The Labute approximate surface area is 198 Å². The standard InChI is InChI=1S/C25H24N2O3S.H2S/c1-15-19(17-8-5-4-6-9-17)10-7-11-20(15)24-27-21-12-18(14-26-16(2)25(28)29)23(31-3)13-22(21)30-24;/h4-13,16,26H,14H2,1-3H3,(H,28,29);1H2/t16-;/m0./s1. The van der Waals surface area contributed by atoms with Crippen LogP contribution in [0.1, 0.15) is 18.1 Å². The molecule has 3 aromatic carbocycles. The van der Waals surface area contributed by atoms with Crippen LogP contribution in [0, 0.1) is 6.92 Å². The molecule has 166 valence electrons. The molecule has 2 N–H and O–H groups in total. The van der Waals surface area contributed by atoms with Crippen molar-refractivity contribution in [1.82, 2.24) is 10.3 Å². The van der Waals surface area contributed by atoms with Gasteiger partial charge in [-0.25, -0.2) is 4.98 Å². The summed E-state index contributed by atoms with van der Waals surface area (Å²) in [7, 11) is 0. The third-order valence-corrected chi connectivity index (χ3v) is 6.23. The van der Waals surface area contributed by atoms with E-state index in [0.29, 0.717) is 12.4 Å². The van der Waals surface area contributed by atoms with Crippen LogP contribution in [-0.2, 0) is 11.3 Å². The number of carboxylic acid groups (broad SMARTS) is 1. The highest BCUT2D eigenvalue weighted by atomic mass is 32.2. The van der Waals surface area contributed by atoms with Gasteiger partial charge in [0.2, 0.25) is 5.89 Å². The van der Waals surface area contributed by atoms with Gasteiger partial charge in [-0.3, -0.25) is 4.79 Å². The van der Waals surface area contributed by atoms with Gasteiger partial charge in [0, 0.05) is 17.0 Å². The molecule has 5 nitrogen and oxygen atoms in total. The lowest BCUT2D eigenvalue weighted by Crippen LogP contribution is -2.33. The second-order valence-corrected chi connectivity index (χ2v) is 8.28. The highest BCUT2D eigenvalue weighted by Gasteiger charge is 2.16. The fraction of sp³-hybridized carbons (Fsp3) is 0.200. The van der Waals surface area contributed by atoms with Crippen molar-refractivity contribution in [1.29, 1.82) is 0 Å². The zero-order valence-electron chi connectivity index (χ0n) is 18.2. The SMILES string of the molecule is CSc1cc2oc(-c3cccc(-c4ccccc4)c3C)nc2cc1CN[C@@H](C)C(=O)O.S. The number of aromatic nitrogens is 1. The summed E-state index contributed by atoms with van der Waals surface area (Å²) < 4.78 is 6.15. The predicted molar refractivity (Wildman–Crippen MR) is 136 cm³/mol. The zero-order chi connectivity index (χ0) is 22.0. The van der Waals surface area contributed by atoms with Crippen molar-refractivity contribution >= 4 is 42.3 Å². The van der Waals surface area contributed by atoms with Gasteiger partial charge in [-0.1, -0.05) is 42.5 Å². The zero-order valence-corrected chi connectivity index (χ0v) is 20.0. The van der Waals surface area contributed by atoms with Crippen molar-refractivity contribution in [2.75, 3.05) is 6.26 Å². The number of nitrogens with zero attached hydrogens (tertiary/aromatic N) is 1. The fourth-order valence-electron chi connectivity index (χ4n) is 3.59. The van der Waals surface area contributed by atoms with Crippen LogP contribution in [0.3, 0.4) is 0 Å². The number of hydrogen-bond donors (Lipinski definition) is 2. The van der Waals surface area contributed by atoms with E-state index < -0.39 is 12.0 Å². The minimum absolute atomic E-state index is 0. The first-order valence-corrected chi connectivity index (χ1v) is 11.3. The van der Waals surface area contributed by atoms with E-state index in [-0.39, 0.29) is 13.5 Å². The number of aliphatic carboxylic acids is 1. The highest BCUT2D eigenvalue weighted by Crippen LogP contribution is 2.34. The minimum Gasteiger partial charge on any atom is -0.480 e. The molecule has 1 aromatic heterocycles. The summed E-state index contributed by atoms with van der Waals surface area (Å²) in [4.78, 5) is 16.9. The number of carboxylic acids is 1. The van der Waals surface area contributed by atoms with Gasteiger partial charge in [-0.05, 0) is 60.6 Å². The molecule has 0 unspecified atom stereocenters. The molecule has 0 saturated heterocycles. The monoisotopic (exact) mass is 466 g/mol. The van der Waals surface area contributed by atoms with Crippen molar-refractivity contribution in [3.05, 3.63) is 71.8 Å². The summed E-state index contributed by atoms with van der Waals surface area (Å²) in [6, 6.07) is 19.8. The fourth-order valence-corrected chi connectivity index (χ4v) is 4.21. The van der Waals surface area contributed by atoms with Crippen molar-refractivity contribution in [3.63, 3.8) is 0 Å². The van der Waals surface area contributed by atoms with E-state index in [1.165, 1.54) is 0 Å². The number of benzene rings is 3. The molecule has 32 heavy (non-hydrogen) atoms. The number of nitrogens with one attached hydrogen (secondary N) is 1. The van der Waals surface area contributed by atoms with Gasteiger partial charge in [-0.15, -0.1) is 11.8 Å². The largest absolute Gasteiger partial charge is 0.480 e. The van der Waals surface area contributed by atoms with Crippen LogP contribution in [0.4, 0.5) is 0 Å². The molecule has 0 aliphatic rings. The van der Waals surface area contributed by atoms with E-state index >= 15 is 0 Å². The Morgan fingerprint density at radius 1 is 1.12 bits per heavy atom. The number of rotatable bonds is 7. The maximum Gasteiger partial charge on any atom is 0.320 e. The third-order valence-electron chi connectivity index (χ3n) is 5.41. The second-order valence-electron chi connectivity index (χ2n) is 7.44. The summed E-state index contributed by atoms with van der Waals surface area (Å²) in [6.07, 6.45) is 2.00. The van der Waals surface area contributed by atoms with Gasteiger partial charge in [0.05, 0.1) is 0 Å². The smallest absolute Gasteiger partial charge is 0.320 e. The Morgan fingerprint density at radius 2 is 1.84 bits per heavy atom. The Kier molecular flexibility index (Phi) is 7.66. The normalized spacial score (nSPS) is 11.8. The molecular formula is C25H26N2O3S2. The van der Waals surface area contributed by atoms with E-state index in [1.54, 1.807) is 18.7 Å². The van der Waals surface area contributed by atoms with E-state index in [1.807, 2.05) is 48.7 Å². The van der Waals surface area contributed by atoms with Gasteiger partial charge in [0.15, 0.2) is 5.58 Å². The maximum absolute atomic E-state index is 11.1. The van der Waals surface area contributed by atoms with Gasteiger partial charge < -0.3 is 14.8 Å². The van der Waals surface area contributed by atoms with Crippen LogP contribution in [0.2, 0.25) is 0 Å².